The molecule has 0 saturated heterocycles. The molecule has 7 heteroatoms. The van der Waals surface area contributed by atoms with Crippen molar-refractivity contribution in [1.82, 2.24) is 10.6 Å². The van der Waals surface area contributed by atoms with Crippen LogP contribution in [0.5, 0.6) is 0 Å². The molecule has 0 radical (unpaired) electrons. The Morgan fingerprint density at radius 2 is 1.92 bits per heavy atom. The summed E-state index contributed by atoms with van der Waals surface area (Å²) in [6, 6.07) is 7.17. The van der Waals surface area contributed by atoms with E-state index in [2.05, 4.69) is 29.5 Å². The second-order valence-corrected chi connectivity index (χ2v) is 6.47. The number of ether oxygens (including phenoxy) is 1. The van der Waals surface area contributed by atoms with Gasteiger partial charge in [-0.3, -0.25) is 4.99 Å². The van der Waals surface area contributed by atoms with Gasteiger partial charge < -0.3 is 20.5 Å². The van der Waals surface area contributed by atoms with Crippen LogP contribution < -0.4 is 10.6 Å². The number of nitrogens with one attached hydrogen (secondary N) is 2. The quantitative estimate of drug-likeness (QED) is 0.206. The molecule has 0 fully saturated rings. The lowest BCUT2D eigenvalue weighted by Crippen LogP contribution is -2.38. The maximum Gasteiger partial charge on any atom is 0.191 e. The van der Waals surface area contributed by atoms with E-state index in [1.165, 1.54) is 0 Å². The molecule has 1 aromatic rings. The predicted octanol–water partition coefficient (Wildman–Crippen LogP) is 3.61. The number of aliphatic hydroxyl groups is 1. The fourth-order valence-electron chi connectivity index (χ4n) is 2.01. The Bertz CT molecular complexity index is 484. The molecular weight excluding hydrogens is 453 g/mol. The van der Waals surface area contributed by atoms with Gasteiger partial charge in [0.25, 0.3) is 0 Å². The minimum absolute atomic E-state index is 0. The van der Waals surface area contributed by atoms with Crippen molar-refractivity contribution < 1.29 is 9.84 Å². The van der Waals surface area contributed by atoms with Gasteiger partial charge in [-0.25, -0.2) is 0 Å². The van der Waals surface area contributed by atoms with Gasteiger partial charge in [-0.1, -0.05) is 37.6 Å². The standard InChI is InChI=1S/C18H30ClN3O2.HI/c1-4-20-18(21-10-5-11-24-13-14(2)3)22-12-17(23)15-6-8-16(19)9-7-15;/h6-9,14,17,23H,4-5,10-13H2,1-3H3,(H2,20,21,22);1H. The molecular formula is C18H31ClIN3O2. The molecule has 25 heavy (non-hydrogen) atoms. The molecule has 0 aliphatic heterocycles. The Hall–Kier alpha value is -0.570. The first-order chi connectivity index (χ1) is 11.5. The third-order valence-electron chi connectivity index (χ3n) is 3.23. The Morgan fingerprint density at radius 3 is 2.52 bits per heavy atom. The molecule has 0 bridgehead atoms. The molecule has 0 aliphatic carbocycles. The third-order valence-corrected chi connectivity index (χ3v) is 3.48. The summed E-state index contributed by atoms with van der Waals surface area (Å²) in [4.78, 5) is 4.43. The molecule has 5 nitrogen and oxygen atoms in total. The number of guanidine groups is 1. The summed E-state index contributed by atoms with van der Waals surface area (Å²) in [5.41, 5.74) is 0.807. The van der Waals surface area contributed by atoms with Crippen LogP contribution in [0.15, 0.2) is 29.3 Å². The van der Waals surface area contributed by atoms with Crippen LogP contribution in [0.1, 0.15) is 38.9 Å². The van der Waals surface area contributed by atoms with E-state index in [9.17, 15) is 5.11 Å². The lowest BCUT2D eigenvalue weighted by molar-refractivity contribution is 0.108. The van der Waals surface area contributed by atoms with Gasteiger partial charge in [0.2, 0.25) is 0 Å². The number of hydrogen-bond acceptors (Lipinski definition) is 3. The van der Waals surface area contributed by atoms with Crippen molar-refractivity contribution in [2.24, 2.45) is 10.9 Å². The minimum atomic E-state index is -0.646. The van der Waals surface area contributed by atoms with E-state index in [0.29, 0.717) is 23.4 Å². The van der Waals surface area contributed by atoms with Crippen LogP contribution in [-0.4, -0.2) is 43.9 Å². The predicted molar refractivity (Wildman–Crippen MR) is 116 cm³/mol. The van der Waals surface area contributed by atoms with Gasteiger partial charge in [-0.2, -0.15) is 0 Å². The van der Waals surface area contributed by atoms with E-state index in [1.54, 1.807) is 12.1 Å². The zero-order valence-corrected chi connectivity index (χ0v) is 18.4. The van der Waals surface area contributed by atoms with E-state index in [0.717, 1.165) is 38.3 Å². The van der Waals surface area contributed by atoms with E-state index < -0.39 is 6.10 Å². The summed E-state index contributed by atoms with van der Waals surface area (Å²) in [6.07, 6.45) is 0.267. The summed E-state index contributed by atoms with van der Waals surface area (Å²) in [6.45, 7) is 9.66. The van der Waals surface area contributed by atoms with Gasteiger partial charge >= 0.3 is 0 Å². The van der Waals surface area contributed by atoms with Crippen LogP contribution in [0.3, 0.4) is 0 Å². The largest absolute Gasteiger partial charge is 0.386 e. The summed E-state index contributed by atoms with van der Waals surface area (Å²) in [7, 11) is 0. The molecule has 0 aliphatic rings. The highest BCUT2D eigenvalue weighted by atomic mass is 127. The molecule has 0 amide bonds. The van der Waals surface area contributed by atoms with Crippen molar-refractivity contribution in [2.45, 2.75) is 33.3 Å². The maximum atomic E-state index is 10.2. The normalized spacial score (nSPS) is 12.6. The van der Waals surface area contributed by atoms with E-state index in [-0.39, 0.29) is 24.0 Å². The lowest BCUT2D eigenvalue weighted by atomic mass is 10.1. The molecule has 1 rings (SSSR count). The summed E-state index contributed by atoms with van der Waals surface area (Å²) in [5, 5.41) is 17.3. The number of rotatable bonds is 10. The van der Waals surface area contributed by atoms with E-state index in [1.807, 2.05) is 19.1 Å². The topological polar surface area (TPSA) is 65.9 Å². The minimum Gasteiger partial charge on any atom is -0.386 e. The van der Waals surface area contributed by atoms with Gasteiger partial charge in [0.1, 0.15) is 0 Å². The zero-order chi connectivity index (χ0) is 17.8. The third kappa shape index (κ3) is 11.6. The SMILES string of the molecule is CCNC(=NCC(O)c1ccc(Cl)cc1)NCCCOCC(C)C.I. The number of aliphatic imine (C=N–C) groups is 1. The second kappa shape index (κ2) is 14.6. The first-order valence-electron chi connectivity index (χ1n) is 8.56. The Labute approximate surface area is 173 Å². The van der Waals surface area contributed by atoms with Gasteiger partial charge in [-0.05, 0) is 37.0 Å². The van der Waals surface area contributed by atoms with Crippen molar-refractivity contribution in [3.05, 3.63) is 34.9 Å². The van der Waals surface area contributed by atoms with Crippen molar-refractivity contribution in [1.29, 1.82) is 0 Å². The van der Waals surface area contributed by atoms with Crippen LogP contribution >= 0.6 is 35.6 Å². The van der Waals surface area contributed by atoms with Gasteiger partial charge in [0.05, 0.1) is 12.6 Å². The zero-order valence-electron chi connectivity index (χ0n) is 15.3. The summed E-state index contributed by atoms with van der Waals surface area (Å²) >= 11 is 5.86. The molecule has 0 heterocycles. The fourth-order valence-corrected chi connectivity index (χ4v) is 2.14. The summed E-state index contributed by atoms with van der Waals surface area (Å²) < 4.78 is 5.55. The molecule has 1 aromatic carbocycles. The number of aliphatic hydroxyl groups excluding tert-OH is 1. The molecule has 0 aromatic heterocycles. The monoisotopic (exact) mass is 483 g/mol. The van der Waals surface area contributed by atoms with Gasteiger partial charge in [0, 0.05) is 31.3 Å². The average Bonchev–Trinajstić information content (AvgIpc) is 2.55. The van der Waals surface area contributed by atoms with Gasteiger partial charge in [-0.15, -0.1) is 24.0 Å². The summed E-state index contributed by atoms with van der Waals surface area (Å²) in [5.74, 6) is 1.26. The molecule has 0 spiro atoms. The lowest BCUT2D eigenvalue weighted by Gasteiger charge is -2.13. The fraction of sp³-hybridized carbons (Fsp3) is 0.611. The molecule has 0 saturated carbocycles. The van der Waals surface area contributed by atoms with Crippen LogP contribution in [0, 0.1) is 5.92 Å². The Balaban J connectivity index is 0.00000576. The molecule has 1 atom stereocenters. The highest BCUT2D eigenvalue weighted by molar-refractivity contribution is 14.0. The first-order valence-corrected chi connectivity index (χ1v) is 8.94. The number of halogens is 2. The van der Waals surface area contributed by atoms with Crippen molar-refractivity contribution in [3.8, 4) is 0 Å². The Kier molecular flexibility index (Phi) is 14.3. The van der Waals surface area contributed by atoms with Crippen LogP contribution in [0.25, 0.3) is 0 Å². The highest BCUT2D eigenvalue weighted by Gasteiger charge is 2.07. The first kappa shape index (κ1) is 24.4. The Morgan fingerprint density at radius 1 is 1.24 bits per heavy atom. The average molecular weight is 484 g/mol. The second-order valence-electron chi connectivity index (χ2n) is 6.04. The number of benzene rings is 1. The number of hydrogen-bond donors (Lipinski definition) is 3. The van der Waals surface area contributed by atoms with Crippen LogP contribution in [-0.2, 0) is 4.74 Å². The van der Waals surface area contributed by atoms with E-state index >= 15 is 0 Å². The van der Waals surface area contributed by atoms with Crippen molar-refractivity contribution in [2.75, 3.05) is 32.8 Å². The van der Waals surface area contributed by atoms with E-state index in [4.69, 9.17) is 16.3 Å². The molecule has 144 valence electrons. The smallest absolute Gasteiger partial charge is 0.191 e. The van der Waals surface area contributed by atoms with Gasteiger partial charge in [0.15, 0.2) is 5.96 Å². The van der Waals surface area contributed by atoms with Crippen LogP contribution in [0.4, 0.5) is 0 Å². The molecule has 3 N–H and O–H groups in total. The molecule has 1 unspecified atom stereocenters. The number of nitrogens with zero attached hydrogens (tertiary/aromatic N) is 1. The maximum absolute atomic E-state index is 10.2. The van der Waals surface area contributed by atoms with Crippen LogP contribution in [0.2, 0.25) is 5.02 Å². The highest BCUT2D eigenvalue weighted by Crippen LogP contribution is 2.16. The van der Waals surface area contributed by atoms with Crippen molar-refractivity contribution >= 4 is 41.5 Å². The van der Waals surface area contributed by atoms with Crippen molar-refractivity contribution in [3.63, 3.8) is 0 Å².